The van der Waals surface area contributed by atoms with Crippen LogP contribution in [-0.2, 0) is 0 Å². The van der Waals surface area contributed by atoms with Crippen LogP contribution in [0.5, 0.6) is 0 Å². The van der Waals surface area contributed by atoms with Crippen LogP contribution in [0.4, 0.5) is 4.79 Å². The monoisotopic (exact) mass is 169 g/mol. The van der Waals surface area contributed by atoms with E-state index in [0.29, 0.717) is 5.25 Å². The first-order chi connectivity index (χ1) is 5.36. The van der Waals surface area contributed by atoms with Gasteiger partial charge in [-0.3, -0.25) is 4.79 Å². The van der Waals surface area contributed by atoms with Crippen molar-refractivity contribution in [3.63, 3.8) is 0 Å². The first kappa shape index (κ1) is 7.35. The Hall–Kier alpha value is -0.310. The second-order valence-electron chi connectivity index (χ2n) is 3.07. The van der Waals surface area contributed by atoms with Crippen molar-refractivity contribution < 1.29 is 4.79 Å². The molecular formula is C8H11NOS. The molecule has 0 spiro atoms. The van der Waals surface area contributed by atoms with E-state index in [1.807, 2.05) is 0 Å². The Balaban J connectivity index is 2.14. The topological polar surface area (TPSA) is 29.4 Å². The van der Waals surface area contributed by atoms with E-state index >= 15 is 0 Å². The number of rotatable bonds is 0. The van der Waals surface area contributed by atoms with Crippen LogP contribution in [0, 0.1) is 0 Å². The average Bonchev–Trinajstić information content (AvgIpc) is 2.17. The van der Waals surface area contributed by atoms with Gasteiger partial charge in [-0.15, -0.1) is 0 Å². The minimum atomic E-state index is 0.0342. The van der Waals surface area contributed by atoms with Crippen molar-refractivity contribution in [2.45, 2.75) is 37.4 Å². The van der Waals surface area contributed by atoms with Gasteiger partial charge in [0.05, 0.1) is 5.25 Å². The van der Waals surface area contributed by atoms with Gasteiger partial charge in [0.15, 0.2) is 0 Å². The summed E-state index contributed by atoms with van der Waals surface area (Å²) in [4.78, 5) is 14.9. The van der Waals surface area contributed by atoms with Crippen LogP contribution in [0.2, 0.25) is 0 Å². The van der Waals surface area contributed by atoms with E-state index in [9.17, 15) is 4.79 Å². The number of fused-ring (bicyclic) bond motifs is 1. The Morgan fingerprint density at radius 1 is 1.36 bits per heavy atom. The number of amides is 1. The molecule has 0 bridgehead atoms. The SMILES string of the molecule is O=C1N=C2CCCCCC2S1. The highest BCUT2D eigenvalue weighted by molar-refractivity contribution is 8.15. The molecule has 0 saturated heterocycles. The molecular weight excluding hydrogens is 158 g/mol. The fraction of sp³-hybridized carbons (Fsp3) is 0.750. The minimum Gasteiger partial charge on any atom is -0.259 e. The Morgan fingerprint density at radius 3 is 3.18 bits per heavy atom. The van der Waals surface area contributed by atoms with Crippen molar-refractivity contribution in [1.82, 2.24) is 0 Å². The Kier molecular flexibility index (Phi) is 1.98. The molecule has 1 atom stereocenters. The van der Waals surface area contributed by atoms with E-state index in [0.717, 1.165) is 18.6 Å². The standard InChI is InChI=1S/C8H11NOS/c10-8-9-6-4-2-1-3-5-7(6)11-8/h7H,1-5H2. The maximum atomic E-state index is 10.9. The molecule has 60 valence electrons. The summed E-state index contributed by atoms with van der Waals surface area (Å²) in [6.07, 6.45) is 6.02. The molecule has 11 heavy (non-hydrogen) atoms. The van der Waals surface area contributed by atoms with E-state index < -0.39 is 0 Å². The molecule has 1 fully saturated rings. The Morgan fingerprint density at radius 2 is 2.27 bits per heavy atom. The van der Waals surface area contributed by atoms with Crippen molar-refractivity contribution in [3.05, 3.63) is 0 Å². The van der Waals surface area contributed by atoms with Gasteiger partial charge in [0.1, 0.15) is 0 Å². The van der Waals surface area contributed by atoms with Crippen LogP contribution in [-0.4, -0.2) is 16.2 Å². The van der Waals surface area contributed by atoms with Gasteiger partial charge in [-0.1, -0.05) is 24.6 Å². The minimum absolute atomic E-state index is 0.0342. The summed E-state index contributed by atoms with van der Waals surface area (Å²) < 4.78 is 0. The largest absolute Gasteiger partial charge is 0.305 e. The van der Waals surface area contributed by atoms with Gasteiger partial charge >= 0.3 is 5.24 Å². The molecule has 0 aromatic rings. The predicted octanol–water partition coefficient (Wildman–Crippen LogP) is 2.63. The summed E-state index contributed by atoms with van der Waals surface area (Å²) in [7, 11) is 0. The molecule has 1 heterocycles. The highest BCUT2D eigenvalue weighted by Gasteiger charge is 2.28. The number of hydrogen-bond donors (Lipinski definition) is 0. The highest BCUT2D eigenvalue weighted by Crippen LogP contribution is 2.31. The van der Waals surface area contributed by atoms with Gasteiger partial charge in [0.2, 0.25) is 0 Å². The summed E-state index contributed by atoms with van der Waals surface area (Å²) in [6, 6.07) is 0. The summed E-state index contributed by atoms with van der Waals surface area (Å²) in [6.45, 7) is 0. The molecule has 3 heteroatoms. The number of thioether (sulfide) groups is 1. The van der Waals surface area contributed by atoms with Crippen molar-refractivity contribution in [3.8, 4) is 0 Å². The third-order valence-electron chi connectivity index (χ3n) is 2.25. The lowest BCUT2D eigenvalue weighted by atomic mass is 10.2. The van der Waals surface area contributed by atoms with Gasteiger partial charge in [-0.2, -0.15) is 0 Å². The van der Waals surface area contributed by atoms with Crippen LogP contribution in [0.15, 0.2) is 4.99 Å². The predicted molar refractivity (Wildman–Crippen MR) is 47.3 cm³/mol. The van der Waals surface area contributed by atoms with Crippen LogP contribution in [0.3, 0.4) is 0 Å². The quantitative estimate of drug-likeness (QED) is 0.558. The smallest absolute Gasteiger partial charge is 0.259 e. The molecule has 1 aliphatic carbocycles. The molecule has 2 aliphatic rings. The molecule has 1 aliphatic heterocycles. The Labute approximate surface area is 70.5 Å². The molecule has 1 saturated carbocycles. The molecule has 0 radical (unpaired) electrons. The maximum Gasteiger partial charge on any atom is 0.305 e. The highest BCUT2D eigenvalue weighted by atomic mass is 32.2. The molecule has 1 amide bonds. The van der Waals surface area contributed by atoms with Crippen LogP contribution >= 0.6 is 11.8 Å². The first-order valence-electron chi connectivity index (χ1n) is 4.14. The second-order valence-corrected chi connectivity index (χ2v) is 4.23. The molecule has 0 N–H and O–H groups in total. The third-order valence-corrected chi connectivity index (χ3v) is 3.33. The normalized spacial score (nSPS) is 31.1. The second kappa shape index (κ2) is 2.97. The zero-order valence-electron chi connectivity index (χ0n) is 6.38. The lowest BCUT2D eigenvalue weighted by molar-refractivity contribution is 0.268. The summed E-state index contributed by atoms with van der Waals surface area (Å²) in [5.74, 6) is 0. The summed E-state index contributed by atoms with van der Waals surface area (Å²) in [5.41, 5.74) is 1.16. The maximum absolute atomic E-state index is 10.9. The molecule has 2 nitrogen and oxygen atoms in total. The van der Waals surface area contributed by atoms with E-state index in [-0.39, 0.29) is 5.24 Å². The van der Waals surface area contributed by atoms with E-state index in [1.54, 1.807) is 0 Å². The van der Waals surface area contributed by atoms with Crippen LogP contribution < -0.4 is 0 Å². The van der Waals surface area contributed by atoms with Crippen molar-refractivity contribution in [2.75, 3.05) is 0 Å². The van der Waals surface area contributed by atoms with Crippen molar-refractivity contribution in [2.24, 2.45) is 4.99 Å². The lowest BCUT2D eigenvalue weighted by Gasteiger charge is -2.04. The zero-order valence-corrected chi connectivity index (χ0v) is 7.19. The number of carbonyl (C=O) groups is 1. The van der Waals surface area contributed by atoms with Crippen molar-refractivity contribution in [1.29, 1.82) is 0 Å². The Bertz CT molecular complexity index is 212. The van der Waals surface area contributed by atoms with Gasteiger partial charge in [0, 0.05) is 5.71 Å². The average molecular weight is 169 g/mol. The van der Waals surface area contributed by atoms with Gasteiger partial charge in [-0.25, -0.2) is 4.99 Å². The van der Waals surface area contributed by atoms with E-state index in [4.69, 9.17) is 0 Å². The van der Waals surface area contributed by atoms with Gasteiger partial charge in [0.25, 0.3) is 0 Å². The van der Waals surface area contributed by atoms with E-state index in [1.165, 1.54) is 31.0 Å². The van der Waals surface area contributed by atoms with Crippen molar-refractivity contribution >= 4 is 22.7 Å². The number of carbonyl (C=O) groups excluding carboxylic acids is 1. The third kappa shape index (κ3) is 1.48. The fourth-order valence-electron chi connectivity index (χ4n) is 1.66. The summed E-state index contributed by atoms with van der Waals surface area (Å²) >= 11 is 1.42. The fourth-order valence-corrected chi connectivity index (χ4v) is 2.66. The molecule has 0 aromatic carbocycles. The van der Waals surface area contributed by atoms with Crippen LogP contribution in [0.25, 0.3) is 0 Å². The van der Waals surface area contributed by atoms with E-state index in [2.05, 4.69) is 4.99 Å². The zero-order chi connectivity index (χ0) is 7.68. The summed E-state index contributed by atoms with van der Waals surface area (Å²) in [5, 5.41) is 0.483. The number of nitrogens with zero attached hydrogens (tertiary/aromatic N) is 1. The molecule has 2 rings (SSSR count). The number of aliphatic imine (C=N–C) groups is 1. The lowest BCUT2D eigenvalue weighted by Crippen LogP contribution is -2.09. The van der Waals surface area contributed by atoms with Gasteiger partial charge < -0.3 is 0 Å². The first-order valence-corrected chi connectivity index (χ1v) is 5.02. The molecule has 0 aromatic heterocycles. The van der Waals surface area contributed by atoms with Crippen LogP contribution in [0.1, 0.15) is 32.1 Å². The number of hydrogen-bond acceptors (Lipinski definition) is 2. The molecule has 1 unspecified atom stereocenters. The van der Waals surface area contributed by atoms with Gasteiger partial charge in [-0.05, 0) is 19.3 Å².